The van der Waals surface area contributed by atoms with Gasteiger partial charge in [-0.3, -0.25) is 4.79 Å². The number of ketones is 1. The molecule has 0 spiro atoms. The summed E-state index contributed by atoms with van der Waals surface area (Å²) in [5.41, 5.74) is 1.67. The molecule has 3 aromatic rings. The Kier molecular flexibility index (Phi) is 4.99. The summed E-state index contributed by atoms with van der Waals surface area (Å²) in [6.45, 7) is 1.90. The summed E-state index contributed by atoms with van der Waals surface area (Å²) < 4.78 is 7.07. The number of methoxy groups -OCH3 is 1. The lowest BCUT2D eigenvalue weighted by Crippen LogP contribution is -2.13. The molecule has 0 radical (unpaired) electrons. The zero-order chi connectivity index (χ0) is 18.8. The highest BCUT2D eigenvalue weighted by Gasteiger charge is 2.31. The van der Waals surface area contributed by atoms with Crippen LogP contribution in [-0.4, -0.2) is 32.9 Å². The summed E-state index contributed by atoms with van der Waals surface area (Å²) in [7, 11) is 1.61. The summed E-state index contributed by atoms with van der Waals surface area (Å²) in [4.78, 5) is 17.5. The van der Waals surface area contributed by atoms with Crippen molar-refractivity contribution < 1.29 is 9.53 Å². The molecule has 6 heteroatoms. The fourth-order valence-electron chi connectivity index (χ4n) is 2.92. The van der Waals surface area contributed by atoms with Gasteiger partial charge in [0.05, 0.1) is 18.0 Å². The summed E-state index contributed by atoms with van der Waals surface area (Å²) in [5, 5.41) is 5.06. The lowest BCUT2D eigenvalue weighted by Gasteiger charge is -2.08. The van der Waals surface area contributed by atoms with Gasteiger partial charge in [-0.2, -0.15) is 0 Å². The van der Waals surface area contributed by atoms with Gasteiger partial charge in [-0.1, -0.05) is 30.0 Å². The Morgan fingerprint density at radius 2 is 1.85 bits per heavy atom. The van der Waals surface area contributed by atoms with Crippen LogP contribution in [0.4, 0.5) is 0 Å². The largest absolute Gasteiger partial charge is 0.497 e. The molecule has 1 saturated carbocycles. The first-order chi connectivity index (χ1) is 13.2. The van der Waals surface area contributed by atoms with E-state index in [1.807, 2.05) is 41.9 Å². The number of ether oxygens (including phenoxy) is 1. The summed E-state index contributed by atoms with van der Waals surface area (Å²) in [6, 6.07) is 17.2. The van der Waals surface area contributed by atoms with Crippen molar-refractivity contribution in [3.63, 3.8) is 0 Å². The van der Waals surface area contributed by atoms with Crippen molar-refractivity contribution >= 4 is 17.5 Å². The third-order valence-corrected chi connectivity index (χ3v) is 5.53. The van der Waals surface area contributed by atoms with Gasteiger partial charge in [-0.15, -0.1) is 5.10 Å². The molecule has 1 heterocycles. The Morgan fingerprint density at radius 3 is 2.48 bits per heavy atom. The molecular formula is C21H21N3O2S. The SMILES string of the molecule is COc1ccc(C(=O)C(C)Sc2nc(C3CC3)n(-c3ccccc3)n2)cc1. The summed E-state index contributed by atoms with van der Waals surface area (Å²) in [6.07, 6.45) is 2.30. The van der Waals surface area contributed by atoms with Crippen molar-refractivity contribution in [2.24, 2.45) is 0 Å². The van der Waals surface area contributed by atoms with E-state index in [9.17, 15) is 4.79 Å². The number of thioether (sulfide) groups is 1. The molecule has 1 aromatic heterocycles. The quantitative estimate of drug-likeness (QED) is 0.446. The second kappa shape index (κ2) is 7.56. The molecule has 0 amide bonds. The van der Waals surface area contributed by atoms with Gasteiger partial charge >= 0.3 is 0 Å². The number of carbonyl (C=O) groups excluding carboxylic acids is 1. The number of para-hydroxylation sites is 1. The molecule has 0 N–H and O–H groups in total. The highest BCUT2D eigenvalue weighted by Crippen LogP contribution is 2.40. The maximum Gasteiger partial charge on any atom is 0.209 e. The van der Waals surface area contributed by atoms with Crippen molar-refractivity contribution in [3.8, 4) is 11.4 Å². The summed E-state index contributed by atoms with van der Waals surface area (Å²) in [5.74, 6) is 2.27. The van der Waals surface area contributed by atoms with E-state index >= 15 is 0 Å². The Balaban J connectivity index is 1.54. The van der Waals surface area contributed by atoms with Gasteiger partial charge in [0.2, 0.25) is 5.16 Å². The van der Waals surface area contributed by atoms with E-state index in [-0.39, 0.29) is 11.0 Å². The zero-order valence-electron chi connectivity index (χ0n) is 15.3. The number of carbonyl (C=O) groups is 1. The molecule has 0 saturated heterocycles. The molecular weight excluding hydrogens is 358 g/mol. The molecule has 1 aliphatic carbocycles. The van der Waals surface area contributed by atoms with Crippen LogP contribution in [0.15, 0.2) is 59.8 Å². The predicted molar refractivity (Wildman–Crippen MR) is 106 cm³/mol. The van der Waals surface area contributed by atoms with Crippen LogP contribution < -0.4 is 4.74 Å². The van der Waals surface area contributed by atoms with Crippen LogP contribution in [0.2, 0.25) is 0 Å². The molecule has 27 heavy (non-hydrogen) atoms. The molecule has 5 nitrogen and oxygen atoms in total. The monoisotopic (exact) mass is 379 g/mol. The molecule has 138 valence electrons. The van der Waals surface area contributed by atoms with Crippen LogP contribution in [0.1, 0.15) is 41.9 Å². The third-order valence-electron chi connectivity index (χ3n) is 4.58. The van der Waals surface area contributed by atoms with E-state index in [1.54, 1.807) is 31.4 Å². The minimum Gasteiger partial charge on any atom is -0.497 e. The van der Waals surface area contributed by atoms with Crippen LogP contribution >= 0.6 is 11.8 Å². The second-order valence-electron chi connectivity index (χ2n) is 6.63. The Labute approximate surface area is 162 Å². The first-order valence-electron chi connectivity index (χ1n) is 9.03. The Bertz CT molecular complexity index is 934. The van der Waals surface area contributed by atoms with Crippen molar-refractivity contribution in [1.82, 2.24) is 14.8 Å². The van der Waals surface area contributed by atoms with Crippen LogP contribution in [0.3, 0.4) is 0 Å². The highest BCUT2D eigenvalue weighted by atomic mass is 32.2. The van der Waals surface area contributed by atoms with Gasteiger partial charge in [0.15, 0.2) is 5.78 Å². The normalized spacial score (nSPS) is 14.7. The standard InChI is InChI=1S/C21H21N3O2S/c1-14(19(25)15-10-12-18(26-2)13-11-15)27-21-22-20(16-8-9-16)24(23-21)17-6-4-3-5-7-17/h3-7,10-14,16H,8-9H2,1-2H3. The van der Waals surface area contributed by atoms with Crippen molar-refractivity contribution in [1.29, 1.82) is 0 Å². The first kappa shape index (κ1) is 17.8. The van der Waals surface area contributed by atoms with Gasteiger partial charge in [0.1, 0.15) is 11.6 Å². The van der Waals surface area contributed by atoms with Gasteiger partial charge in [-0.25, -0.2) is 9.67 Å². The number of hydrogen-bond donors (Lipinski definition) is 0. The molecule has 2 aromatic carbocycles. The fraction of sp³-hybridized carbons (Fsp3) is 0.286. The third kappa shape index (κ3) is 3.90. The number of rotatable bonds is 7. The number of benzene rings is 2. The van der Waals surface area contributed by atoms with E-state index < -0.39 is 0 Å². The number of aromatic nitrogens is 3. The maximum atomic E-state index is 12.7. The fourth-order valence-corrected chi connectivity index (χ4v) is 3.76. The van der Waals surface area contributed by atoms with Crippen molar-refractivity contribution in [2.75, 3.05) is 7.11 Å². The van der Waals surface area contributed by atoms with Crippen LogP contribution in [-0.2, 0) is 0 Å². The zero-order valence-corrected chi connectivity index (χ0v) is 16.1. The van der Waals surface area contributed by atoms with E-state index in [1.165, 1.54) is 11.8 Å². The molecule has 0 bridgehead atoms. The average Bonchev–Trinajstić information content (AvgIpc) is 3.48. The van der Waals surface area contributed by atoms with Gasteiger partial charge in [-0.05, 0) is 56.2 Å². The van der Waals surface area contributed by atoms with E-state index in [2.05, 4.69) is 5.10 Å². The Hall–Kier alpha value is -2.60. The molecule has 1 unspecified atom stereocenters. The van der Waals surface area contributed by atoms with Gasteiger partial charge < -0.3 is 4.74 Å². The van der Waals surface area contributed by atoms with E-state index in [0.29, 0.717) is 16.6 Å². The second-order valence-corrected chi connectivity index (χ2v) is 7.93. The molecule has 1 aliphatic rings. The minimum absolute atomic E-state index is 0.0617. The topological polar surface area (TPSA) is 57.0 Å². The molecule has 0 aliphatic heterocycles. The summed E-state index contributed by atoms with van der Waals surface area (Å²) >= 11 is 1.41. The van der Waals surface area contributed by atoms with E-state index in [0.717, 1.165) is 30.1 Å². The highest BCUT2D eigenvalue weighted by molar-refractivity contribution is 8.00. The van der Waals surface area contributed by atoms with Crippen LogP contribution in [0.5, 0.6) is 5.75 Å². The molecule has 1 fully saturated rings. The Morgan fingerprint density at radius 1 is 1.15 bits per heavy atom. The molecule has 4 rings (SSSR count). The minimum atomic E-state index is -0.267. The first-order valence-corrected chi connectivity index (χ1v) is 9.91. The maximum absolute atomic E-state index is 12.7. The van der Waals surface area contributed by atoms with Crippen molar-refractivity contribution in [2.45, 2.75) is 36.1 Å². The van der Waals surface area contributed by atoms with E-state index in [4.69, 9.17) is 9.72 Å². The van der Waals surface area contributed by atoms with Gasteiger partial charge in [0, 0.05) is 11.5 Å². The molecule has 1 atom stereocenters. The lowest BCUT2D eigenvalue weighted by atomic mass is 10.1. The smallest absolute Gasteiger partial charge is 0.209 e. The number of Topliss-reactive ketones (excluding diaryl/α,β-unsaturated/α-hetero) is 1. The van der Waals surface area contributed by atoms with Crippen LogP contribution in [0.25, 0.3) is 5.69 Å². The number of hydrogen-bond acceptors (Lipinski definition) is 5. The predicted octanol–water partition coefficient (Wildman–Crippen LogP) is 4.52. The van der Waals surface area contributed by atoms with Gasteiger partial charge in [0.25, 0.3) is 0 Å². The van der Waals surface area contributed by atoms with Crippen molar-refractivity contribution in [3.05, 3.63) is 66.0 Å². The average molecular weight is 379 g/mol. The lowest BCUT2D eigenvalue weighted by molar-refractivity contribution is 0.0994. The van der Waals surface area contributed by atoms with Crippen LogP contribution in [0, 0.1) is 0 Å². The number of nitrogens with zero attached hydrogens (tertiary/aromatic N) is 3.